The molecule has 480 valence electrons. The van der Waals surface area contributed by atoms with Crippen LogP contribution in [0.15, 0.2) is 85.1 Å². The standard InChI is InChI=1S/C77H136O6/c1-4-7-10-13-16-19-22-24-26-28-30-32-34-36-37-38-39-41-42-44-46-48-50-52-55-58-61-64-67-70-76(79)82-73-74(72-81-75(78)69-66-63-60-57-54-21-18-15-12-9-6-3)83-77(80)71-68-65-62-59-56-53-51-49-47-45-43-40-35-33-31-29-27-25-23-20-17-14-11-8-5-2/h8,11,17,20,22,24-25,27-28,30-31,33,40,43,74H,4-7,9-10,12-16,18-19,21,23,26,29,32,34-39,41-42,44-73H2,1-3H3/b11-8-,20-17-,24-22-,27-25-,30-28-,33-31-,43-40-. The Bertz CT molecular complexity index is 1570. The number of hydrogen-bond donors (Lipinski definition) is 0. The molecule has 0 spiro atoms. The van der Waals surface area contributed by atoms with Gasteiger partial charge in [-0.15, -0.1) is 0 Å². The number of allylic oxidation sites excluding steroid dienone is 14. The predicted octanol–water partition coefficient (Wildman–Crippen LogP) is 25.0. The van der Waals surface area contributed by atoms with E-state index in [1.807, 2.05) is 0 Å². The Morgan fingerprint density at radius 1 is 0.253 bits per heavy atom. The molecule has 1 atom stereocenters. The average molecular weight is 1160 g/mol. The Labute approximate surface area is 515 Å². The van der Waals surface area contributed by atoms with Gasteiger partial charge in [-0.2, -0.15) is 0 Å². The molecule has 0 aromatic heterocycles. The van der Waals surface area contributed by atoms with Crippen molar-refractivity contribution in [1.82, 2.24) is 0 Å². The average Bonchev–Trinajstić information content (AvgIpc) is 3.48. The molecule has 0 fully saturated rings. The smallest absolute Gasteiger partial charge is 0.306 e. The third-order valence-electron chi connectivity index (χ3n) is 15.9. The van der Waals surface area contributed by atoms with E-state index in [9.17, 15) is 14.4 Å². The molecular formula is C77H136O6. The summed E-state index contributed by atoms with van der Waals surface area (Å²) < 4.78 is 17.0. The first-order valence-electron chi connectivity index (χ1n) is 36.1. The summed E-state index contributed by atoms with van der Waals surface area (Å²) in [6.07, 6.45) is 94.8. The van der Waals surface area contributed by atoms with Crippen LogP contribution < -0.4 is 0 Å². The van der Waals surface area contributed by atoms with Gasteiger partial charge in [-0.25, -0.2) is 0 Å². The monoisotopic (exact) mass is 1160 g/mol. The number of ether oxygens (including phenoxy) is 3. The Morgan fingerprint density at radius 2 is 0.470 bits per heavy atom. The van der Waals surface area contributed by atoms with E-state index in [4.69, 9.17) is 14.2 Å². The zero-order valence-corrected chi connectivity index (χ0v) is 55.2. The molecule has 0 radical (unpaired) electrons. The molecule has 1 unspecified atom stereocenters. The van der Waals surface area contributed by atoms with Crippen LogP contribution >= 0.6 is 0 Å². The maximum atomic E-state index is 12.9. The highest BCUT2D eigenvalue weighted by Gasteiger charge is 2.19. The van der Waals surface area contributed by atoms with Gasteiger partial charge in [-0.05, 0) is 96.3 Å². The fourth-order valence-electron chi connectivity index (χ4n) is 10.5. The fourth-order valence-corrected chi connectivity index (χ4v) is 10.5. The molecule has 0 aliphatic carbocycles. The molecule has 0 aromatic carbocycles. The molecule has 0 bridgehead atoms. The highest BCUT2D eigenvalue weighted by molar-refractivity contribution is 5.71. The summed E-state index contributed by atoms with van der Waals surface area (Å²) in [5.74, 6) is -0.861. The summed E-state index contributed by atoms with van der Waals surface area (Å²) in [4.78, 5) is 38.4. The summed E-state index contributed by atoms with van der Waals surface area (Å²) in [5, 5.41) is 0. The maximum absolute atomic E-state index is 12.9. The number of unbranched alkanes of at least 4 members (excludes halogenated alkanes) is 41. The van der Waals surface area contributed by atoms with Crippen LogP contribution in [-0.4, -0.2) is 37.2 Å². The first-order chi connectivity index (χ1) is 41.0. The molecule has 0 amide bonds. The van der Waals surface area contributed by atoms with Crippen molar-refractivity contribution in [2.75, 3.05) is 13.2 Å². The zero-order chi connectivity index (χ0) is 59.9. The molecule has 0 saturated heterocycles. The molecule has 0 aliphatic rings. The predicted molar refractivity (Wildman–Crippen MR) is 362 cm³/mol. The van der Waals surface area contributed by atoms with Gasteiger partial charge in [0.2, 0.25) is 0 Å². The molecule has 0 heterocycles. The topological polar surface area (TPSA) is 78.9 Å². The summed E-state index contributed by atoms with van der Waals surface area (Å²) in [5.41, 5.74) is 0. The lowest BCUT2D eigenvalue weighted by Crippen LogP contribution is -2.30. The second-order valence-corrected chi connectivity index (χ2v) is 24.1. The SMILES string of the molecule is CC/C=C\C/C=C\C/C=C\C/C=C\C/C=C\CCCCCCCCCCCC(=O)OC(COC(=O)CCCCCCCCCCCCC)COC(=O)CCCCCCCCCCCCCCCCCCC/C=C\C/C=C\CCCCCCC. The van der Waals surface area contributed by atoms with Crippen LogP contribution in [0, 0.1) is 0 Å². The van der Waals surface area contributed by atoms with E-state index in [0.29, 0.717) is 19.3 Å². The maximum Gasteiger partial charge on any atom is 0.306 e. The van der Waals surface area contributed by atoms with Crippen molar-refractivity contribution >= 4 is 17.9 Å². The number of rotatable bonds is 66. The largest absolute Gasteiger partial charge is 0.462 e. The molecule has 0 N–H and O–H groups in total. The third-order valence-corrected chi connectivity index (χ3v) is 15.9. The quantitative estimate of drug-likeness (QED) is 0.0261. The number of carbonyl (C=O) groups excluding carboxylic acids is 3. The van der Waals surface area contributed by atoms with Gasteiger partial charge in [-0.1, -0.05) is 337 Å². The van der Waals surface area contributed by atoms with Gasteiger partial charge in [0.1, 0.15) is 13.2 Å². The van der Waals surface area contributed by atoms with Crippen molar-refractivity contribution in [1.29, 1.82) is 0 Å². The lowest BCUT2D eigenvalue weighted by molar-refractivity contribution is -0.167. The highest BCUT2D eigenvalue weighted by atomic mass is 16.6. The molecule has 6 heteroatoms. The zero-order valence-electron chi connectivity index (χ0n) is 55.2. The van der Waals surface area contributed by atoms with Crippen LogP contribution in [0.3, 0.4) is 0 Å². The summed E-state index contributed by atoms with van der Waals surface area (Å²) in [7, 11) is 0. The summed E-state index contributed by atoms with van der Waals surface area (Å²) >= 11 is 0. The van der Waals surface area contributed by atoms with Gasteiger partial charge in [0.15, 0.2) is 6.10 Å². The van der Waals surface area contributed by atoms with E-state index in [-0.39, 0.29) is 31.1 Å². The van der Waals surface area contributed by atoms with Crippen molar-refractivity contribution in [2.45, 2.75) is 374 Å². The minimum Gasteiger partial charge on any atom is -0.462 e. The van der Waals surface area contributed by atoms with Gasteiger partial charge in [-0.3, -0.25) is 14.4 Å². The second kappa shape index (κ2) is 71.1. The van der Waals surface area contributed by atoms with Crippen LogP contribution in [0.5, 0.6) is 0 Å². The molecule has 83 heavy (non-hydrogen) atoms. The Kier molecular flexibility index (Phi) is 68.2. The van der Waals surface area contributed by atoms with Crippen LogP contribution in [0.25, 0.3) is 0 Å². The van der Waals surface area contributed by atoms with Crippen molar-refractivity contribution < 1.29 is 28.6 Å². The van der Waals surface area contributed by atoms with E-state index in [1.165, 1.54) is 225 Å². The molecule has 0 aliphatic heterocycles. The highest BCUT2D eigenvalue weighted by Crippen LogP contribution is 2.18. The normalized spacial score (nSPS) is 12.6. The van der Waals surface area contributed by atoms with Crippen molar-refractivity contribution in [3.05, 3.63) is 85.1 Å². The van der Waals surface area contributed by atoms with Gasteiger partial charge in [0.25, 0.3) is 0 Å². The van der Waals surface area contributed by atoms with E-state index in [1.54, 1.807) is 0 Å². The Balaban J connectivity index is 4.20. The first-order valence-corrected chi connectivity index (χ1v) is 36.1. The van der Waals surface area contributed by atoms with Crippen LogP contribution in [0.1, 0.15) is 367 Å². The van der Waals surface area contributed by atoms with Crippen molar-refractivity contribution in [2.24, 2.45) is 0 Å². The molecule has 0 aromatic rings. The van der Waals surface area contributed by atoms with E-state index >= 15 is 0 Å². The number of hydrogen-bond acceptors (Lipinski definition) is 6. The van der Waals surface area contributed by atoms with Gasteiger partial charge in [0, 0.05) is 19.3 Å². The van der Waals surface area contributed by atoms with E-state index in [2.05, 4.69) is 106 Å². The minimum atomic E-state index is -0.779. The van der Waals surface area contributed by atoms with Gasteiger partial charge < -0.3 is 14.2 Å². The fraction of sp³-hybridized carbons (Fsp3) is 0.779. The second-order valence-electron chi connectivity index (χ2n) is 24.1. The van der Waals surface area contributed by atoms with E-state index in [0.717, 1.165) is 103 Å². The molecule has 0 rings (SSSR count). The van der Waals surface area contributed by atoms with Crippen molar-refractivity contribution in [3.63, 3.8) is 0 Å². The van der Waals surface area contributed by atoms with Gasteiger partial charge >= 0.3 is 17.9 Å². The van der Waals surface area contributed by atoms with Gasteiger partial charge in [0.05, 0.1) is 0 Å². The van der Waals surface area contributed by atoms with Crippen LogP contribution in [-0.2, 0) is 28.6 Å². The van der Waals surface area contributed by atoms with E-state index < -0.39 is 6.10 Å². The summed E-state index contributed by atoms with van der Waals surface area (Å²) in [6, 6.07) is 0. The number of esters is 3. The lowest BCUT2D eigenvalue weighted by atomic mass is 10.0. The van der Waals surface area contributed by atoms with Crippen LogP contribution in [0.2, 0.25) is 0 Å². The molecular weight excluding hydrogens is 1020 g/mol. The molecule has 0 saturated carbocycles. The van der Waals surface area contributed by atoms with Crippen LogP contribution in [0.4, 0.5) is 0 Å². The Morgan fingerprint density at radius 3 is 0.735 bits per heavy atom. The Hall–Kier alpha value is -3.41. The first kappa shape index (κ1) is 79.6. The number of carbonyl (C=O) groups is 3. The third kappa shape index (κ3) is 69.3. The molecule has 6 nitrogen and oxygen atoms in total. The lowest BCUT2D eigenvalue weighted by Gasteiger charge is -2.18. The summed E-state index contributed by atoms with van der Waals surface area (Å²) in [6.45, 7) is 6.55. The van der Waals surface area contributed by atoms with Crippen molar-refractivity contribution in [3.8, 4) is 0 Å². The minimum absolute atomic E-state index is 0.0744.